The first-order valence-electron chi connectivity index (χ1n) is 24.7. The number of methoxy groups -OCH3 is 5. The molecule has 17 nitrogen and oxygen atoms in total. The molecule has 0 N–H and O–H groups in total. The average molecular weight is 981 g/mol. The molecule has 0 aliphatic carbocycles. The van der Waals surface area contributed by atoms with Crippen LogP contribution in [0.3, 0.4) is 0 Å². The van der Waals surface area contributed by atoms with Gasteiger partial charge in [-0.15, -0.1) is 15.3 Å². The Morgan fingerprint density at radius 3 is 1.60 bits per heavy atom. The van der Waals surface area contributed by atoms with Crippen molar-refractivity contribution in [3.63, 3.8) is 0 Å². The summed E-state index contributed by atoms with van der Waals surface area (Å²) >= 11 is 0. The summed E-state index contributed by atoms with van der Waals surface area (Å²) in [6.45, 7) is 8.01. The van der Waals surface area contributed by atoms with Crippen molar-refractivity contribution in [1.82, 2.24) is 57.6 Å². The highest BCUT2D eigenvalue weighted by Gasteiger charge is 2.09. The highest BCUT2D eigenvalue weighted by molar-refractivity contribution is 5.54. The summed E-state index contributed by atoms with van der Waals surface area (Å²) in [4.78, 5) is 13.5. The van der Waals surface area contributed by atoms with E-state index in [1.54, 1.807) is 40.1 Å². The lowest BCUT2D eigenvalue weighted by Gasteiger charge is -2.00. The smallest absolute Gasteiger partial charge is 0.160 e. The molecule has 0 radical (unpaired) electrons. The quantitative estimate of drug-likeness (QED) is 0.0669. The summed E-state index contributed by atoms with van der Waals surface area (Å²) in [7, 11) is 8.61. The lowest BCUT2D eigenvalue weighted by Crippen LogP contribution is -1.97. The van der Waals surface area contributed by atoms with Crippen LogP contribution in [-0.2, 0) is 55.8 Å². The van der Waals surface area contributed by atoms with Crippen LogP contribution in [0.15, 0.2) is 128 Å². The average Bonchev–Trinajstić information content (AvgIpc) is 4.26. The van der Waals surface area contributed by atoms with Gasteiger partial charge in [0.1, 0.15) is 17.5 Å². The summed E-state index contributed by atoms with van der Waals surface area (Å²) in [6.07, 6.45) is 21.7. The van der Waals surface area contributed by atoms with Gasteiger partial charge >= 0.3 is 0 Å². The lowest BCUT2D eigenvalue weighted by atomic mass is 10.2. The summed E-state index contributed by atoms with van der Waals surface area (Å²) < 4.78 is 35.2. The van der Waals surface area contributed by atoms with Gasteiger partial charge in [-0.25, -0.2) is 19.5 Å². The minimum absolute atomic E-state index is 0.766. The van der Waals surface area contributed by atoms with E-state index in [0.29, 0.717) is 0 Å². The topological polar surface area (TPSA) is 158 Å². The fourth-order valence-corrected chi connectivity index (χ4v) is 8.12. The molecule has 0 aliphatic rings. The third-order valence-corrected chi connectivity index (χ3v) is 11.7. The molecule has 0 bridgehead atoms. The first-order valence-corrected chi connectivity index (χ1v) is 24.7. The molecule has 17 heteroatoms. The maximum absolute atomic E-state index is 5.05. The Bertz CT molecular complexity index is 2810. The van der Waals surface area contributed by atoms with Gasteiger partial charge in [-0.1, -0.05) is 35.5 Å². The maximum Gasteiger partial charge on any atom is 0.160 e. The molecule has 72 heavy (non-hydrogen) atoms. The molecule has 0 amide bonds. The summed E-state index contributed by atoms with van der Waals surface area (Å²) in [5, 5.41) is 16.3. The monoisotopic (exact) mass is 981 g/mol. The third kappa shape index (κ3) is 15.8. The predicted octanol–water partition coefficient (Wildman–Crippen LogP) is 8.97. The van der Waals surface area contributed by atoms with E-state index in [1.165, 1.54) is 22.2 Å². The predicted molar refractivity (Wildman–Crippen MR) is 282 cm³/mol. The zero-order valence-electron chi connectivity index (χ0n) is 43.1. The zero-order chi connectivity index (χ0) is 50.8. The number of nitrogens with zero attached hydrogens (tertiary/aromatic N) is 12. The Kier molecular flexibility index (Phi) is 22.8. The molecule has 0 spiro atoms. The standard InChI is InChI=1S/2C12H16N2O.C11H14N2O.2C10H13N3O/c1-10-13-11(6-5-9-15-2)12-7-3-4-8-14(10)12;1-10-11-6-3-4-8-14(11)12(13-10)7-5-9-15-2;1-14-8-4-5-10-11-6-2-3-7-13(11)9-12-10;1-14-8-4-5-9-10-6-2-3-7-13(10)12-11-9;1-14-8-4-6-10-12-11-9-5-2-3-7-13(9)10/h3-4,7-8H,5-6,9H2,1-2H3;3-4,6,8H,5,7,9H2,1-2H3;2-3,6-7,9H,4-5,8H2,1H3;2-3,6-7H,4-5,8H2,1H3;2-3,5,7H,4,6,8H2,1H3. The fraction of sp³-hybridized carbons (Fsp3) is 0.400. The van der Waals surface area contributed by atoms with E-state index in [9.17, 15) is 0 Å². The first-order chi connectivity index (χ1) is 35.4. The van der Waals surface area contributed by atoms with Crippen molar-refractivity contribution in [2.75, 3.05) is 68.6 Å². The number of fused-ring (bicyclic) bond motifs is 5. The fourth-order valence-electron chi connectivity index (χ4n) is 8.12. The summed E-state index contributed by atoms with van der Waals surface area (Å²) in [6, 6.07) is 30.4. The molecule has 382 valence electrons. The Morgan fingerprint density at radius 1 is 0.417 bits per heavy atom. The molecule has 0 fully saturated rings. The van der Waals surface area contributed by atoms with Gasteiger partial charge in [0.05, 0.1) is 51.2 Å². The van der Waals surface area contributed by atoms with Gasteiger partial charge in [-0.3, -0.25) is 4.40 Å². The third-order valence-electron chi connectivity index (χ3n) is 11.7. The Labute approximate surface area is 422 Å². The van der Waals surface area contributed by atoms with Gasteiger partial charge in [0.2, 0.25) is 0 Å². The van der Waals surface area contributed by atoms with Crippen LogP contribution in [0, 0.1) is 13.8 Å². The van der Waals surface area contributed by atoms with Gasteiger partial charge in [0, 0.05) is 112 Å². The van der Waals surface area contributed by atoms with Crippen molar-refractivity contribution in [3.8, 4) is 0 Å². The number of aromatic nitrogens is 12. The Balaban J connectivity index is 0.000000147. The molecule has 0 aromatic carbocycles. The molecule has 0 saturated heterocycles. The number of imidazole rings is 3. The largest absolute Gasteiger partial charge is 0.385 e. The number of hydrogen-bond donors (Lipinski definition) is 0. The van der Waals surface area contributed by atoms with Crippen LogP contribution < -0.4 is 0 Å². The van der Waals surface area contributed by atoms with Crippen molar-refractivity contribution in [1.29, 1.82) is 0 Å². The number of ether oxygens (including phenoxy) is 5. The maximum atomic E-state index is 5.05. The molecule has 0 aliphatic heterocycles. The first kappa shape index (κ1) is 54.4. The molecule has 0 atom stereocenters. The normalized spacial score (nSPS) is 11.0. The van der Waals surface area contributed by atoms with Crippen LogP contribution >= 0.6 is 0 Å². The van der Waals surface area contributed by atoms with Crippen molar-refractivity contribution in [2.45, 2.75) is 78.1 Å². The number of rotatable bonds is 20. The van der Waals surface area contributed by atoms with E-state index in [4.69, 9.17) is 23.7 Å². The van der Waals surface area contributed by atoms with Crippen LogP contribution in [0.25, 0.3) is 27.7 Å². The Morgan fingerprint density at radius 2 is 0.931 bits per heavy atom. The number of pyridine rings is 5. The van der Waals surface area contributed by atoms with Crippen molar-refractivity contribution in [2.24, 2.45) is 0 Å². The molecular formula is C55H72N12O5. The van der Waals surface area contributed by atoms with E-state index in [0.717, 1.165) is 143 Å². The van der Waals surface area contributed by atoms with Crippen LogP contribution in [0.2, 0.25) is 0 Å². The van der Waals surface area contributed by atoms with E-state index in [1.807, 2.05) is 107 Å². The van der Waals surface area contributed by atoms with Crippen LogP contribution in [-0.4, -0.2) is 126 Å². The second-order valence-electron chi connectivity index (χ2n) is 16.9. The van der Waals surface area contributed by atoms with Crippen LogP contribution in [0.4, 0.5) is 0 Å². The summed E-state index contributed by atoms with van der Waals surface area (Å²) in [5.41, 5.74) is 10.1. The van der Waals surface area contributed by atoms with Crippen LogP contribution in [0.5, 0.6) is 0 Å². The van der Waals surface area contributed by atoms with E-state index in [2.05, 4.69) is 87.8 Å². The molecule has 10 aromatic heterocycles. The SMILES string of the molecule is COCCCc1nc(C)c2ccccn12.COCCCc1nc(C)n2ccccc12.COCCCc1ncn2ccccc12.COCCCc1nnc2ccccn12.COCCCc1nnn2ccccc12. The van der Waals surface area contributed by atoms with Crippen molar-refractivity contribution in [3.05, 3.63) is 169 Å². The minimum atomic E-state index is 0.766. The van der Waals surface area contributed by atoms with Gasteiger partial charge in [0.15, 0.2) is 5.65 Å². The van der Waals surface area contributed by atoms with Gasteiger partial charge in [-0.05, 0) is 126 Å². The van der Waals surface area contributed by atoms with Gasteiger partial charge in [-0.2, -0.15) is 0 Å². The van der Waals surface area contributed by atoms with Crippen LogP contribution in [0.1, 0.15) is 72.4 Å². The van der Waals surface area contributed by atoms with Gasteiger partial charge < -0.3 is 36.9 Å². The molecule has 10 aromatic rings. The number of aryl methyl sites for hydroxylation is 7. The lowest BCUT2D eigenvalue weighted by molar-refractivity contribution is 0.194. The number of hydrogen-bond acceptors (Lipinski definition) is 12. The molecule has 10 rings (SSSR count). The second-order valence-corrected chi connectivity index (χ2v) is 16.9. The van der Waals surface area contributed by atoms with Crippen molar-refractivity contribution >= 4 is 27.7 Å². The highest BCUT2D eigenvalue weighted by Crippen LogP contribution is 2.16. The highest BCUT2D eigenvalue weighted by atomic mass is 16.5. The van der Waals surface area contributed by atoms with Gasteiger partial charge in [0.25, 0.3) is 0 Å². The molecular weight excluding hydrogens is 909 g/mol. The second kappa shape index (κ2) is 30.1. The van der Waals surface area contributed by atoms with E-state index in [-0.39, 0.29) is 0 Å². The van der Waals surface area contributed by atoms with E-state index < -0.39 is 0 Å². The van der Waals surface area contributed by atoms with E-state index >= 15 is 0 Å². The minimum Gasteiger partial charge on any atom is -0.385 e. The molecule has 10 heterocycles. The molecule has 0 unspecified atom stereocenters. The van der Waals surface area contributed by atoms with Crippen molar-refractivity contribution < 1.29 is 23.7 Å². The summed E-state index contributed by atoms with van der Waals surface area (Å²) in [5.74, 6) is 3.18. The Hall–Kier alpha value is -6.89. The molecule has 0 saturated carbocycles. The zero-order valence-corrected chi connectivity index (χ0v) is 43.1.